The number of aryl methyl sites for hydroxylation is 1. The first-order valence-electron chi connectivity index (χ1n) is 3.43. The van der Waals surface area contributed by atoms with Crippen molar-refractivity contribution in [3.8, 4) is 0 Å². The monoisotopic (exact) mass is 183 g/mol. The molecule has 0 radical (unpaired) electrons. The van der Waals surface area contributed by atoms with Crippen LogP contribution in [0.2, 0.25) is 0 Å². The third-order valence-corrected chi connectivity index (χ3v) is 2.48. The Morgan fingerprint density at radius 1 is 1.67 bits per heavy atom. The number of carbonyl (C=O) groups is 1. The van der Waals surface area contributed by atoms with Crippen molar-refractivity contribution in [2.45, 2.75) is 13.8 Å². The van der Waals surface area contributed by atoms with E-state index in [0.717, 1.165) is 5.56 Å². The molecule has 1 aromatic heterocycles. The minimum atomic E-state index is -0.212. The molecule has 0 unspecified atom stereocenters. The largest absolute Gasteiger partial charge is 0.411 e. The summed E-state index contributed by atoms with van der Waals surface area (Å²) in [7, 11) is 0. The second-order valence-electron chi connectivity index (χ2n) is 2.50. The average molecular weight is 183 g/mol. The third kappa shape index (κ3) is 1.71. The summed E-state index contributed by atoms with van der Waals surface area (Å²) in [6.07, 6.45) is 0. The van der Waals surface area contributed by atoms with Gasteiger partial charge < -0.3 is 5.21 Å². The van der Waals surface area contributed by atoms with Crippen LogP contribution in [0.15, 0.2) is 16.6 Å². The number of thiophene rings is 1. The predicted molar refractivity (Wildman–Crippen MR) is 48.3 cm³/mol. The number of Topliss-reactive ketones (excluding diaryl/α,β-unsaturated/α-hetero) is 1. The zero-order valence-electron chi connectivity index (χ0n) is 6.87. The van der Waals surface area contributed by atoms with E-state index in [1.54, 1.807) is 6.07 Å². The number of carbonyl (C=O) groups excluding carboxylic acids is 1. The number of nitrogens with zero attached hydrogens (tertiary/aromatic N) is 1. The van der Waals surface area contributed by atoms with Crippen LogP contribution in [0.4, 0.5) is 0 Å². The quantitative estimate of drug-likeness (QED) is 0.330. The fourth-order valence-electron chi connectivity index (χ4n) is 0.774. The predicted octanol–water partition coefficient (Wildman–Crippen LogP) is 2.09. The van der Waals surface area contributed by atoms with Crippen LogP contribution in [0.25, 0.3) is 0 Å². The van der Waals surface area contributed by atoms with E-state index >= 15 is 0 Å². The molecule has 0 saturated carbocycles. The van der Waals surface area contributed by atoms with E-state index in [4.69, 9.17) is 5.21 Å². The summed E-state index contributed by atoms with van der Waals surface area (Å²) < 4.78 is 0. The molecule has 0 aromatic carbocycles. The highest BCUT2D eigenvalue weighted by Gasteiger charge is 2.11. The summed E-state index contributed by atoms with van der Waals surface area (Å²) in [5, 5.41) is 13.1. The molecule has 1 rings (SSSR count). The number of hydrogen-bond acceptors (Lipinski definition) is 4. The van der Waals surface area contributed by atoms with Crippen LogP contribution >= 0.6 is 11.3 Å². The van der Waals surface area contributed by atoms with Gasteiger partial charge in [0.1, 0.15) is 5.71 Å². The number of ketones is 1. The first-order valence-corrected chi connectivity index (χ1v) is 4.31. The van der Waals surface area contributed by atoms with Crippen LogP contribution < -0.4 is 0 Å². The maximum absolute atomic E-state index is 11.3. The van der Waals surface area contributed by atoms with Crippen molar-refractivity contribution in [3.05, 3.63) is 21.9 Å². The molecule has 12 heavy (non-hydrogen) atoms. The minimum Gasteiger partial charge on any atom is -0.411 e. The van der Waals surface area contributed by atoms with E-state index in [0.29, 0.717) is 4.88 Å². The van der Waals surface area contributed by atoms with E-state index in [9.17, 15) is 4.79 Å². The molecule has 0 aliphatic heterocycles. The Kier molecular flexibility index (Phi) is 2.60. The fraction of sp³-hybridized carbons (Fsp3) is 0.250. The third-order valence-electron chi connectivity index (χ3n) is 1.43. The Morgan fingerprint density at radius 3 is 2.75 bits per heavy atom. The smallest absolute Gasteiger partial charge is 0.220 e. The first-order chi connectivity index (χ1) is 5.65. The summed E-state index contributed by atoms with van der Waals surface area (Å²) in [6.45, 7) is 3.40. The highest BCUT2D eigenvalue weighted by molar-refractivity contribution is 7.13. The highest BCUT2D eigenvalue weighted by atomic mass is 32.1. The van der Waals surface area contributed by atoms with Crippen molar-refractivity contribution in [2.24, 2.45) is 5.16 Å². The van der Waals surface area contributed by atoms with Crippen molar-refractivity contribution in [2.75, 3.05) is 0 Å². The van der Waals surface area contributed by atoms with Gasteiger partial charge in [-0.1, -0.05) is 5.16 Å². The van der Waals surface area contributed by atoms with E-state index in [1.165, 1.54) is 18.3 Å². The normalized spacial score (nSPS) is 11.7. The molecule has 0 aliphatic carbocycles. The molecule has 0 aliphatic rings. The minimum absolute atomic E-state index is 0.122. The van der Waals surface area contributed by atoms with Crippen LogP contribution in [0.1, 0.15) is 22.2 Å². The van der Waals surface area contributed by atoms with Crippen LogP contribution in [0.3, 0.4) is 0 Å². The van der Waals surface area contributed by atoms with Gasteiger partial charge in [0, 0.05) is 0 Å². The SMILES string of the molecule is CC(=NO)C(=O)c1cc(C)cs1. The topological polar surface area (TPSA) is 49.7 Å². The maximum Gasteiger partial charge on any atom is 0.220 e. The summed E-state index contributed by atoms with van der Waals surface area (Å²) in [4.78, 5) is 11.9. The van der Waals surface area contributed by atoms with Gasteiger partial charge in [-0.2, -0.15) is 0 Å². The molecular formula is C8H9NO2S. The standard InChI is InChI=1S/C8H9NO2S/c1-5-3-7(12-4-5)8(10)6(2)9-11/h3-4,11H,1-2H3. The van der Waals surface area contributed by atoms with Gasteiger partial charge in [0.2, 0.25) is 5.78 Å². The summed E-state index contributed by atoms with van der Waals surface area (Å²) in [5.74, 6) is -0.212. The Hall–Kier alpha value is -1.16. The van der Waals surface area contributed by atoms with Gasteiger partial charge in [-0.3, -0.25) is 4.79 Å². The fourth-order valence-corrected chi connectivity index (χ4v) is 1.66. The molecule has 1 heterocycles. The highest BCUT2D eigenvalue weighted by Crippen LogP contribution is 2.14. The molecule has 64 valence electrons. The van der Waals surface area contributed by atoms with Gasteiger partial charge in [0.15, 0.2) is 0 Å². The number of oxime groups is 1. The number of rotatable bonds is 2. The zero-order valence-corrected chi connectivity index (χ0v) is 7.68. The molecule has 0 spiro atoms. The number of hydrogen-bond donors (Lipinski definition) is 1. The lowest BCUT2D eigenvalue weighted by molar-refractivity contribution is 0.106. The van der Waals surface area contributed by atoms with Crippen molar-refractivity contribution in [3.63, 3.8) is 0 Å². The van der Waals surface area contributed by atoms with Gasteiger partial charge in [-0.15, -0.1) is 11.3 Å². The average Bonchev–Trinajstić information content (AvgIpc) is 2.49. The lowest BCUT2D eigenvalue weighted by atomic mass is 10.2. The molecule has 0 fully saturated rings. The summed E-state index contributed by atoms with van der Waals surface area (Å²) in [6, 6.07) is 1.78. The molecule has 1 aromatic rings. The van der Waals surface area contributed by atoms with Crippen molar-refractivity contribution >= 4 is 22.8 Å². The molecule has 3 nitrogen and oxygen atoms in total. The van der Waals surface area contributed by atoms with Crippen LogP contribution in [-0.4, -0.2) is 16.7 Å². The lowest BCUT2D eigenvalue weighted by Crippen LogP contribution is -2.08. The van der Waals surface area contributed by atoms with Crippen LogP contribution in [-0.2, 0) is 0 Å². The first kappa shape index (κ1) is 8.93. The molecular weight excluding hydrogens is 174 g/mol. The molecule has 0 amide bonds. The summed E-state index contributed by atoms with van der Waals surface area (Å²) in [5.41, 5.74) is 1.17. The Balaban J connectivity index is 2.93. The van der Waals surface area contributed by atoms with Crippen molar-refractivity contribution < 1.29 is 10.0 Å². The Bertz CT molecular complexity index is 328. The van der Waals surface area contributed by atoms with E-state index in [2.05, 4.69) is 5.16 Å². The second-order valence-corrected chi connectivity index (χ2v) is 3.41. The molecule has 0 saturated heterocycles. The molecule has 1 N–H and O–H groups in total. The van der Waals surface area contributed by atoms with Gasteiger partial charge >= 0.3 is 0 Å². The van der Waals surface area contributed by atoms with Gasteiger partial charge in [0.05, 0.1) is 4.88 Å². The van der Waals surface area contributed by atoms with Gasteiger partial charge in [-0.05, 0) is 30.9 Å². The van der Waals surface area contributed by atoms with Gasteiger partial charge in [0.25, 0.3) is 0 Å². The summed E-state index contributed by atoms with van der Waals surface area (Å²) >= 11 is 1.36. The van der Waals surface area contributed by atoms with Gasteiger partial charge in [-0.25, -0.2) is 0 Å². The van der Waals surface area contributed by atoms with E-state index < -0.39 is 0 Å². The second kappa shape index (κ2) is 3.49. The van der Waals surface area contributed by atoms with Crippen LogP contribution in [0.5, 0.6) is 0 Å². The molecule has 4 heteroatoms. The van der Waals surface area contributed by atoms with Crippen molar-refractivity contribution in [1.29, 1.82) is 0 Å². The maximum atomic E-state index is 11.3. The molecule has 0 bridgehead atoms. The Morgan fingerprint density at radius 2 is 2.33 bits per heavy atom. The van der Waals surface area contributed by atoms with Crippen molar-refractivity contribution in [1.82, 2.24) is 0 Å². The lowest BCUT2D eigenvalue weighted by Gasteiger charge is -1.91. The Labute approximate surface area is 74.3 Å². The van der Waals surface area contributed by atoms with E-state index in [1.807, 2.05) is 12.3 Å². The van der Waals surface area contributed by atoms with E-state index in [-0.39, 0.29) is 11.5 Å². The zero-order chi connectivity index (χ0) is 9.14. The van der Waals surface area contributed by atoms with Crippen LogP contribution in [0, 0.1) is 6.92 Å². The molecule has 0 atom stereocenters.